The third kappa shape index (κ3) is 21.0. The van der Waals surface area contributed by atoms with Crippen LogP contribution in [0, 0.1) is 0 Å². The molecule has 3 nitrogen and oxygen atoms in total. The van der Waals surface area contributed by atoms with Crippen molar-refractivity contribution in [3.63, 3.8) is 0 Å². The van der Waals surface area contributed by atoms with E-state index in [1.54, 1.807) is 0 Å². The molecule has 0 unspecified atom stereocenters. The minimum absolute atomic E-state index is 0.198. The molecule has 0 radical (unpaired) electrons. The first-order valence-electron chi connectivity index (χ1n) is 9.49. The molecular formula is C20H36O3. The number of allylic oxidation sites excluding steroid dienone is 1. The predicted molar refractivity (Wildman–Crippen MR) is 96.6 cm³/mol. The summed E-state index contributed by atoms with van der Waals surface area (Å²) in [5.74, 6) is -0.746. The Kier molecular flexibility index (Phi) is 18.1. The fourth-order valence-corrected chi connectivity index (χ4v) is 2.57. The number of carbonyl (C=O) groups is 1. The van der Waals surface area contributed by atoms with Crippen LogP contribution in [0.3, 0.4) is 0 Å². The van der Waals surface area contributed by atoms with E-state index in [0.717, 1.165) is 12.8 Å². The summed E-state index contributed by atoms with van der Waals surface area (Å²) in [5, 5.41) is 17.2. The van der Waals surface area contributed by atoms with Gasteiger partial charge in [0.25, 0.3) is 0 Å². The van der Waals surface area contributed by atoms with Crippen molar-refractivity contribution in [3.8, 4) is 0 Å². The molecule has 0 aliphatic rings. The van der Waals surface area contributed by atoms with Crippen LogP contribution in [0.1, 0.15) is 96.3 Å². The first kappa shape index (κ1) is 21.9. The molecule has 3 heteroatoms. The molecule has 0 aliphatic heterocycles. The van der Waals surface area contributed by atoms with Gasteiger partial charge in [0.05, 0.1) is 0 Å². The Morgan fingerprint density at radius 3 is 1.61 bits per heavy atom. The van der Waals surface area contributed by atoms with Gasteiger partial charge in [0.2, 0.25) is 0 Å². The van der Waals surface area contributed by atoms with Crippen molar-refractivity contribution in [1.29, 1.82) is 0 Å². The Hall–Kier alpha value is -1.05. The lowest BCUT2D eigenvalue weighted by atomic mass is 10.0. The monoisotopic (exact) mass is 324 g/mol. The lowest BCUT2D eigenvalue weighted by Crippen LogP contribution is -1.91. The van der Waals surface area contributed by atoms with Crippen LogP contribution < -0.4 is 0 Å². The smallest absolute Gasteiger partial charge is 0.303 e. The molecule has 0 spiro atoms. The summed E-state index contributed by atoms with van der Waals surface area (Å²) in [6.07, 6.45) is 21.0. The molecule has 0 saturated heterocycles. The van der Waals surface area contributed by atoms with E-state index in [4.69, 9.17) is 10.2 Å². The highest BCUT2D eigenvalue weighted by Gasteiger charge is 1.93. The van der Waals surface area contributed by atoms with E-state index in [1.807, 2.05) is 12.2 Å². The third-order valence-corrected chi connectivity index (χ3v) is 3.99. The van der Waals surface area contributed by atoms with Crippen molar-refractivity contribution in [1.82, 2.24) is 0 Å². The Morgan fingerprint density at radius 2 is 1.13 bits per heavy atom. The fraction of sp³-hybridized carbons (Fsp3) is 0.800. The molecule has 0 fully saturated rings. The molecule has 0 saturated carbocycles. The van der Waals surface area contributed by atoms with Crippen LogP contribution in [0.2, 0.25) is 0 Å². The van der Waals surface area contributed by atoms with Crippen LogP contribution >= 0.6 is 0 Å². The molecule has 0 aromatic carbocycles. The van der Waals surface area contributed by atoms with Crippen molar-refractivity contribution >= 4 is 5.97 Å². The van der Waals surface area contributed by atoms with Crippen LogP contribution in [0.5, 0.6) is 0 Å². The Balaban J connectivity index is 3.13. The van der Waals surface area contributed by atoms with Crippen LogP contribution in [0.25, 0.3) is 0 Å². The van der Waals surface area contributed by atoms with Gasteiger partial charge in [-0.2, -0.15) is 0 Å². The molecule has 23 heavy (non-hydrogen) atoms. The van der Waals surface area contributed by atoms with Gasteiger partial charge in [0.15, 0.2) is 0 Å². The van der Waals surface area contributed by atoms with Crippen LogP contribution in [-0.2, 0) is 4.79 Å². The zero-order valence-electron chi connectivity index (χ0n) is 14.8. The zero-order valence-corrected chi connectivity index (χ0v) is 14.8. The summed E-state index contributed by atoms with van der Waals surface area (Å²) in [6, 6.07) is 0. The second-order valence-corrected chi connectivity index (χ2v) is 6.26. The van der Waals surface area contributed by atoms with E-state index in [0.29, 0.717) is 13.0 Å². The van der Waals surface area contributed by atoms with E-state index < -0.39 is 5.97 Å². The molecule has 0 aromatic heterocycles. The molecule has 2 N–H and O–H groups in total. The topological polar surface area (TPSA) is 57.5 Å². The molecule has 0 amide bonds. The average molecular weight is 325 g/mol. The van der Waals surface area contributed by atoms with Gasteiger partial charge in [-0.05, 0) is 37.8 Å². The van der Waals surface area contributed by atoms with Crippen LogP contribution in [-0.4, -0.2) is 22.8 Å². The van der Waals surface area contributed by atoms with E-state index >= 15 is 0 Å². The van der Waals surface area contributed by atoms with Gasteiger partial charge < -0.3 is 10.2 Å². The second-order valence-electron chi connectivity index (χ2n) is 6.26. The number of hydrogen-bond donors (Lipinski definition) is 2. The fourth-order valence-electron chi connectivity index (χ4n) is 2.57. The number of hydrogen-bond acceptors (Lipinski definition) is 2. The SMILES string of the molecule is O=C(O)CCC=C=CCCCCCCCCCCCCCCO. The third-order valence-electron chi connectivity index (χ3n) is 3.99. The molecular weight excluding hydrogens is 288 g/mol. The highest BCUT2D eigenvalue weighted by Crippen LogP contribution is 2.12. The standard InChI is InChI=1S/C20H36O3/c21-19-17-15-13-11-9-7-5-3-1-2-4-6-8-10-12-14-16-18-20(22)23/h10,14,21H,1-9,11,13,15-19H2,(H,22,23). The normalized spacial score (nSPS) is 10.3. The molecule has 0 rings (SSSR count). The van der Waals surface area contributed by atoms with Gasteiger partial charge in [0, 0.05) is 13.0 Å². The molecule has 0 bridgehead atoms. The maximum atomic E-state index is 10.3. The van der Waals surface area contributed by atoms with E-state index in [1.165, 1.54) is 70.6 Å². The lowest BCUT2D eigenvalue weighted by Gasteiger charge is -2.02. The summed E-state index contributed by atoms with van der Waals surface area (Å²) in [7, 11) is 0. The lowest BCUT2D eigenvalue weighted by molar-refractivity contribution is -0.136. The van der Waals surface area contributed by atoms with E-state index in [9.17, 15) is 4.79 Å². The largest absolute Gasteiger partial charge is 0.481 e. The van der Waals surface area contributed by atoms with Crippen molar-refractivity contribution in [2.75, 3.05) is 6.61 Å². The van der Waals surface area contributed by atoms with Gasteiger partial charge in [-0.1, -0.05) is 64.2 Å². The second kappa shape index (κ2) is 19.0. The number of carboxylic acid groups (broad SMARTS) is 1. The number of unbranched alkanes of at least 4 members (excludes halogenated alkanes) is 12. The minimum Gasteiger partial charge on any atom is -0.481 e. The van der Waals surface area contributed by atoms with Gasteiger partial charge in [-0.25, -0.2) is 0 Å². The van der Waals surface area contributed by atoms with E-state index in [2.05, 4.69) is 5.73 Å². The number of rotatable bonds is 17. The zero-order chi connectivity index (χ0) is 17.0. The van der Waals surface area contributed by atoms with Gasteiger partial charge in [-0.15, -0.1) is 5.73 Å². The predicted octanol–water partition coefficient (Wildman–Crippen LogP) is 5.63. The van der Waals surface area contributed by atoms with Gasteiger partial charge in [-0.3, -0.25) is 4.79 Å². The highest BCUT2D eigenvalue weighted by atomic mass is 16.4. The van der Waals surface area contributed by atoms with E-state index in [-0.39, 0.29) is 6.42 Å². The maximum Gasteiger partial charge on any atom is 0.303 e. The molecule has 0 heterocycles. The van der Waals surface area contributed by atoms with Crippen molar-refractivity contribution in [2.24, 2.45) is 0 Å². The molecule has 134 valence electrons. The van der Waals surface area contributed by atoms with Crippen molar-refractivity contribution in [2.45, 2.75) is 96.3 Å². The summed E-state index contributed by atoms with van der Waals surface area (Å²) in [6.45, 7) is 0.344. The quantitative estimate of drug-likeness (QED) is 0.269. The minimum atomic E-state index is -0.746. The maximum absolute atomic E-state index is 10.3. The summed E-state index contributed by atoms with van der Waals surface area (Å²) < 4.78 is 0. The van der Waals surface area contributed by atoms with Gasteiger partial charge >= 0.3 is 5.97 Å². The number of aliphatic hydroxyl groups excluding tert-OH is 1. The Bertz CT molecular complexity index is 317. The molecule has 0 aliphatic carbocycles. The number of aliphatic carboxylic acids is 1. The number of carboxylic acids is 1. The van der Waals surface area contributed by atoms with Crippen LogP contribution in [0.15, 0.2) is 17.9 Å². The average Bonchev–Trinajstić information content (AvgIpc) is 2.53. The molecule has 0 aromatic rings. The molecule has 0 atom stereocenters. The summed E-state index contributed by atoms with van der Waals surface area (Å²) in [4.78, 5) is 10.3. The summed E-state index contributed by atoms with van der Waals surface area (Å²) >= 11 is 0. The van der Waals surface area contributed by atoms with Gasteiger partial charge in [0.1, 0.15) is 0 Å². The highest BCUT2D eigenvalue weighted by molar-refractivity contribution is 5.66. The number of aliphatic hydroxyl groups is 1. The summed E-state index contributed by atoms with van der Waals surface area (Å²) in [5.41, 5.74) is 3.06. The first-order chi connectivity index (χ1) is 11.3. The first-order valence-corrected chi connectivity index (χ1v) is 9.49. The Morgan fingerprint density at radius 1 is 0.696 bits per heavy atom. The Labute approximate surface area is 142 Å². The van der Waals surface area contributed by atoms with Crippen molar-refractivity contribution < 1.29 is 15.0 Å². The van der Waals surface area contributed by atoms with Crippen molar-refractivity contribution in [3.05, 3.63) is 17.9 Å². The van der Waals surface area contributed by atoms with Crippen LogP contribution in [0.4, 0.5) is 0 Å².